The molecule has 1 heterocycles. The fraction of sp³-hybridized carbons (Fsp3) is 0.364. The molecule has 26 heavy (non-hydrogen) atoms. The number of hydrogen-bond donors (Lipinski definition) is 0. The molecule has 3 rings (SSSR count). The minimum absolute atomic E-state index is 0.744. The molecule has 1 fully saturated rings. The molecule has 138 valence electrons. The molecule has 0 atom stereocenters. The fourth-order valence-electron chi connectivity index (χ4n) is 2.75. The molecular formula is C22H26O2S2. The van der Waals surface area contributed by atoms with Crippen LogP contribution in [0.25, 0.3) is 5.57 Å². The number of benzene rings is 2. The van der Waals surface area contributed by atoms with Gasteiger partial charge in [0.05, 0.1) is 6.61 Å². The van der Waals surface area contributed by atoms with Crippen LogP contribution in [-0.4, -0.2) is 18.1 Å². The predicted molar refractivity (Wildman–Crippen MR) is 115 cm³/mol. The average Bonchev–Trinajstić information content (AvgIpc) is 2.70. The zero-order valence-electron chi connectivity index (χ0n) is 15.5. The summed E-state index contributed by atoms with van der Waals surface area (Å²) in [5.74, 6) is 5.06. The van der Waals surface area contributed by atoms with Crippen LogP contribution < -0.4 is 9.47 Å². The van der Waals surface area contributed by atoms with Gasteiger partial charge in [-0.25, -0.2) is 0 Å². The van der Waals surface area contributed by atoms with Crippen molar-refractivity contribution in [3.05, 3.63) is 58.3 Å². The first-order valence-electron chi connectivity index (χ1n) is 9.30. The second-order valence-corrected chi connectivity index (χ2v) is 8.59. The highest BCUT2D eigenvalue weighted by Crippen LogP contribution is 2.41. The van der Waals surface area contributed by atoms with Crippen LogP contribution >= 0.6 is 23.5 Å². The van der Waals surface area contributed by atoms with E-state index in [-0.39, 0.29) is 0 Å². The van der Waals surface area contributed by atoms with Gasteiger partial charge in [0.1, 0.15) is 17.2 Å². The van der Waals surface area contributed by atoms with Crippen LogP contribution in [0.1, 0.15) is 38.7 Å². The molecule has 2 nitrogen and oxygen atoms in total. The van der Waals surface area contributed by atoms with Crippen molar-refractivity contribution in [2.45, 2.75) is 33.1 Å². The van der Waals surface area contributed by atoms with Crippen molar-refractivity contribution in [1.82, 2.24) is 0 Å². The van der Waals surface area contributed by atoms with Gasteiger partial charge in [0, 0.05) is 4.24 Å². The Morgan fingerprint density at radius 3 is 2.00 bits per heavy atom. The van der Waals surface area contributed by atoms with Gasteiger partial charge in [0.25, 0.3) is 0 Å². The van der Waals surface area contributed by atoms with Gasteiger partial charge < -0.3 is 9.47 Å². The van der Waals surface area contributed by atoms with Gasteiger partial charge >= 0.3 is 0 Å². The number of rotatable bonds is 7. The van der Waals surface area contributed by atoms with Crippen molar-refractivity contribution in [2.75, 3.05) is 18.1 Å². The van der Waals surface area contributed by atoms with Gasteiger partial charge in [0.15, 0.2) is 0 Å². The van der Waals surface area contributed by atoms with E-state index in [2.05, 4.69) is 38.1 Å². The van der Waals surface area contributed by atoms with E-state index in [0.717, 1.165) is 36.7 Å². The summed E-state index contributed by atoms with van der Waals surface area (Å²) in [5.41, 5.74) is 2.77. The van der Waals surface area contributed by atoms with E-state index in [1.165, 1.54) is 33.3 Å². The number of thioether (sulfide) groups is 2. The summed E-state index contributed by atoms with van der Waals surface area (Å²) in [7, 11) is 0. The zero-order chi connectivity index (χ0) is 18.2. The molecule has 0 amide bonds. The van der Waals surface area contributed by atoms with E-state index in [4.69, 9.17) is 9.47 Å². The van der Waals surface area contributed by atoms with E-state index < -0.39 is 0 Å². The zero-order valence-corrected chi connectivity index (χ0v) is 17.1. The van der Waals surface area contributed by atoms with Crippen molar-refractivity contribution in [1.29, 1.82) is 0 Å². The van der Waals surface area contributed by atoms with Crippen LogP contribution in [0.2, 0.25) is 0 Å². The van der Waals surface area contributed by atoms with Gasteiger partial charge in [0.2, 0.25) is 0 Å². The van der Waals surface area contributed by atoms with Crippen LogP contribution in [0.5, 0.6) is 17.2 Å². The van der Waals surface area contributed by atoms with Crippen LogP contribution in [0.15, 0.2) is 52.8 Å². The molecule has 0 radical (unpaired) electrons. The SMILES string of the molecule is CCCOc1ccc(Oc2ccc(C(CC)=C3SCCCS3)cc2)cc1. The Balaban J connectivity index is 1.67. The summed E-state index contributed by atoms with van der Waals surface area (Å²) >= 11 is 4.01. The summed E-state index contributed by atoms with van der Waals surface area (Å²) in [6.45, 7) is 5.09. The number of ether oxygens (including phenoxy) is 2. The normalized spacial score (nSPS) is 14.2. The molecule has 0 unspecified atom stereocenters. The van der Waals surface area contributed by atoms with Gasteiger partial charge in [-0.2, -0.15) is 0 Å². The van der Waals surface area contributed by atoms with Gasteiger partial charge in [-0.15, -0.1) is 23.5 Å². The smallest absolute Gasteiger partial charge is 0.127 e. The Morgan fingerprint density at radius 1 is 0.846 bits per heavy atom. The Morgan fingerprint density at radius 2 is 1.42 bits per heavy atom. The van der Waals surface area contributed by atoms with Crippen LogP contribution in [0.4, 0.5) is 0 Å². The van der Waals surface area contributed by atoms with E-state index >= 15 is 0 Å². The molecule has 0 N–H and O–H groups in total. The lowest BCUT2D eigenvalue weighted by Gasteiger charge is -2.18. The fourth-order valence-corrected chi connectivity index (χ4v) is 5.59. The first-order valence-corrected chi connectivity index (χ1v) is 11.3. The maximum absolute atomic E-state index is 5.97. The Hall–Kier alpha value is -1.52. The van der Waals surface area contributed by atoms with Crippen molar-refractivity contribution in [2.24, 2.45) is 0 Å². The van der Waals surface area contributed by atoms with Crippen molar-refractivity contribution < 1.29 is 9.47 Å². The highest BCUT2D eigenvalue weighted by Gasteiger charge is 2.13. The van der Waals surface area contributed by atoms with Crippen LogP contribution in [0, 0.1) is 0 Å². The molecule has 0 aliphatic carbocycles. The summed E-state index contributed by atoms with van der Waals surface area (Å²) in [6.07, 6.45) is 3.39. The molecule has 2 aromatic rings. The summed E-state index contributed by atoms with van der Waals surface area (Å²) < 4.78 is 13.1. The minimum atomic E-state index is 0.744. The lowest BCUT2D eigenvalue weighted by molar-refractivity contribution is 0.317. The van der Waals surface area contributed by atoms with Gasteiger partial charge in [-0.1, -0.05) is 26.0 Å². The third-order valence-corrected chi connectivity index (χ3v) is 6.80. The van der Waals surface area contributed by atoms with Crippen molar-refractivity contribution in [3.8, 4) is 17.2 Å². The molecule has 0 bridgehead atoms. The Kier molecular flexibility index (Phi) is 7.39. The maximum atomic E-state index is 5.97. The van der Waals surface area contributed by atoms with Gasteiger partial charge in [-0.3, -0.25) is 0 Å². The van der Waals surface area contributed by atoms with Gasteiger partial charge in [-0.05, 0) is 78.3 Å². The monoisotopic (exact) mass is 386 g/mol. The number of hydrogen-bond acceptors (Lipinski definition) is 4. The maximum Gasteiger partial charge on any atom is 0.127 e. The van der Waals surface area contributed by atoms with Crippen LogP contribution in [0.3, 0.4) is 0 Å². The molecule has 1 saturated heterocycles. The lowest BCUT2D eigenvalue weighted by Crippen LogP contribution is -1.96. The largest absolute Gasteiger partial charge is 0.494 e. The second-order valence-electron chi connectivity index (χ2n) is 6.12. The third-order valence-electron chi connectivity index (χ3n) is 4.09. The van der Waals surface area contributed by atoms with E-state index in [0.29, 0.717) is 0 Å². The minimum Gasteiger partial charge on any atom is -0.494 e. The topological polar surface area (TPSA) is 18.5 Å². The molecular weight excluding hydrogens is 360 g/mol. The van der Waals surface area contributed by atoms with E-state index in [1.54, 1.807) is 0 Å². The van der Waals surface area contributed by atoms with Crippen LogP contribution in [-0.2, 0) is 0 Å². The molecule has 0 spiro atoms. The first kappa shape index (κ1) is 19.2. The standard InChI is InChI=1S/C22H26O2S2/c1-3-14-23-18-10-12-20(13-11-18)24-19-8-6-17(7-9-19)21(4-2)22-25-15-5-16-26-22/h6-13H,3-5,14-16H2,1-2H3. The van der Waals surface area contributed by atoms with Crippen molar-refractivity contribution >= 4 is 29.1 Å². The molecule has 4 heteroatoms. The third kappa shape index (κ3) is 5.24. The second kappa shape index (κ2) is 9.98. The highest BCUT2D eigenvalue weighted by molar-refractivity contribution is 8.23. The molecule has 1 aliphatic rings. The number of allylic oxidation sites excluding steroid dienone is 1. The summed E-state index contributed by atoms with van der Waals surface area (Å²) in [5, 5.41) is 0. The molecule has 0 saturated carbocycles. The summed E-state index contributed by atoms with van der Waals surface area (Å²) in [6, 6.07) is 16.3. The first-order chi connectivity index (χ1) is 12.8. The van der Waals surface area contributed by atoms with E-state index in [9.17, 15) is 0 Å². The molecule has 1 aliphatic heterocycles. The Labute approximate surface area is 165 Å². The average molecular weight is 387 g/mol. The van der Waals surface area contributed by atoms with E-state index in [1.807, 2.05) is 47.8 Å². The molecule has 2 aromatic carbocycles. The highest BCUT2D eigenvalue weighted by atomic mass is 32.2. The summed E-state index contributed by atoms with van der Waals surface area (Å²) in [4.78, 5) is 0. The Bertz CT molecular complexity index is 713. The predicted octanol–water partition coefficient (Wildman–Crippen LogP) is 7.22. The quantitative estimate of drug-likeness (QED) is 0.500. The molecule has 0 aromatic heterocycles. The van der Waals surface area contributed by atoms with Crippen molar-refractivity contribution in [3.63, 3.8) is 0 Å². The lowest BCUT2D eigenvalue weighted by atomic mass is 10.1.